The maximum absolute atomic E-state index is 13.5. The van der Waals surface area contributed by atoms with Gasteiger partial charge in [-0.25, -0.2) is 0 Å². The quantitative estimate of drug-likeness (QED) is 0.396. The number of hydrogen-bond acceptors (Lipinski definition) is 4. The lowest BCUT2D eigenvalue weighted by atomic mass is 9.70. The van der Waals surface area contributed by atoms with Gasteiger partial charge in [-0.15, -0.1) is 0 Å². The highest BCUT2D eigenvalue weighted by Gasteiger charge is 2.49. The van der Waals surface area contributed by atoms with Crippen LogP contribution in [0.3, 0.4) is 0 Å². The van der Waals surface area contributed by atoms with Gasteiger partial charge in [0.2, 0.25) is 0 Å². The molecule has 0 unspecified atom stereocenters. The molecule has 0 bridgehead atoms. The number of aryl methyl sites for hydroxylation is 1. The standard InChI is InChI=1S/C26H27F6NO4/c1-13(23(35)36)22(34)16-4-3-15-7-8-24(37-21(15)9-16)11-18(12-24)33-14(2)19-10-17(25(27,28)29)5-6-20(19)26(30,31)32/h3-6,9-10,13-14,18,22,33-34H,7-8,11-12H2,1-2H3,(H,35,36)/t13-,14-,18?,22+,24?/m0/s1. The van der Waals surface area contributed by atoms with Crippen molar-refractivity contribution in [1.82, 2.24) is 5.32 Å². The SMILES string of the molecule is C[C@H](NC1CC2(CCc3ccc([C@H](O)[C@H](C)C(=O)O)cc3O2)C1)c1cc(C(F)(F)F)ccc1C(F)(F)F. The highest BCUT2D eigenvalue weighted by atomic mass is 19.4. The second kappa shape index (κ2) is 9.50. The van der Waals surface area contributed by atoms with Gasteiger partial charge in [0, 0.05) is 24.9 Å². The van der Waals surface area contributed by atoms with Gasteiger partial charge in [0.05, 0.1) is 23.1 Å². The lowest BCUT2D eigenvalue weighted by Crippen LogP contribution is -2.58. The summed E-state index contributed by atoms with van der Waals surface area (Å²) in [5, 5.41) is 22.6. The Hall–Kier alpha value is -2.79. The van der Waals surface area contributed by atoms with Crippen LogP contribution in [-0.2, 0) is 23.6 Å². The van der Waals surface area contributed by atoms with Crippen LogP contribution in [0, 0.1) is 5.92 Å². The summed E-state index contributed by atoms with van der Waals surface area (Å²) >= 11 is 0. The van der Waals surface area contributed by atoms with Gasteiger partial charge in [0.15, 0.2) is 0 Å². The van der Waals surface area contributed by atoms with Gasteiger partial charge in [0.25, 0.3) is 0 Å². The van der Waals surface area contributed by atoms with E-state index in [0.717, 1.165) is 5.56 Å². The average molecular weight is 531 g/mol. The Kier molecular flexibility index (Phi) is 7.00. The Morgan fingerprint density at radius 1 is 1.05 bits per heavy atom. The van der Waals surface area contributed by atoms with Crippen molar-refractivity contribution in [3.05, 3.63) is 64.2 Å². The van der Waals surface area contributed by atoms with E-state index < -0.39 is 58.7 Å². The zero-order valence-electron chi connectivity index (χ0n) is 20.1. The first kappa shape index (κ1) is 27.3. The van der Waals surface area contributed by atoms with Gasteiger partial charge < -0.3 is 20.3 Å². The molecule has 2 aromatic rings. The number of aliphatic hydroxyl groups excluding tert-OH is 1. The molecule has 1 fully saturated rings. The van der Waals surface area contributed by atoms with E-state index in [9.17, 15) is 36.2 Å². The molecule has 11 heteroatoms. The Bertz CT molecular complexity index is 1170. The third kappa shape index (κ3) is 5.57. The van der Waals surface area contributed by atoms with Gasteiger partial charge in [-0.1, -0.05) is 12.1 Å². The number of carboxylic acids is 1. The summed E-state index contributed by atoms with van der Waals surface area (Å²) in [5.74, 6) is -1.64. The number of nitrogens with one attached hydrogen (secondary N) is 1. The molecule has 1 heterocycles. The van der Waals surface area contributed by atoms with E-state index in [0.29, 0.717) is 55.2 Å². The largest absolute Gasteiger partial charge is 0.487 e. The van der Waals surface area contributed by atoms with Crippen molar-refractivity contribution in [3.8, 4) is 5.75 Å². The van der Waals surface area contributed by atoms with Crippen LogP contribution in [0.2, 0.25) is 0 Å². The summed E-state index contributed by atoms with van der Waals surface area (Å²) in [6.07, 6.45) is -8.60. The molecular weight excluding hydrogens is 504 g/mol. The van der Waals surface area contributed by atoms with Gasteiger partial charge in [-0.3, -0.25) is 4.79 Å². The maximum atomic E-state index is 13.5. The van der Waals surface area contributed by atoms with Crippen LogP contribution in [-0.4, -0.2) is 27.8 Å². The van der Waals surface area contributed by atoms with E-state index in [1.807, 2.05) is 0 Å². The summed E-state index contributed by atoms with van der Waals surface area (Å²) < 4.78 is 86.2. The second-order valence-electron chi connectivity index (χ2n) is 10.0. The minimum atomic E-state index is -4.80. The highest BCUT2D eigenvalue weighted by Crippen LogP contribution is 2.47. The molecule has 0 aromatic heterocycles. The number of carboxylic acid groups (broad SMARTS) is 1. The Morgan fingerprint density at radius 3 is 2.32 bits per heavy atom. The zero-order valence-corrected chi connectivity index (χ0v) is 20.1. The van der Waals surface area contributed by atoms with Crippen LogP contribution < -0.4 is 10.1 Å². The molecule has 4 rings (SSSR count). The van der Waals surface area contributed by atoms with Crippen molar-refractivity contribution < 1.29 is 46.1 Å². The number of carbonyl (C=O) groups is 1. The fourth-order valence-corrected chi connectivity index (χ4v) is 5.17. The number of rotatable bonds is 6. The summed E-state index contributed by atoms with van der Waals surface area (Å²) in [6.45, 7) is 2.80. The number of hydrogen-bond donors (Lipinski definition) is 3. The second-order valence-corrected chi connectivity index (χ2v) is 10.0. The average Bonchev–Trinajstić information content (AvgIpc) is 2.80. The molecule has 37 heavy (non-hydrogen) atoms. The molecule has 0 saturated heterocycles. The fourth-order valence-electron chi connectivity index (χ4n) is 5.17. The minimum Gasteiger partial charge on any atom is -0.487 e. The van der Waals surface area contributed by atoms with Crippen molar-refractivity contribution in [2.45, 2.75) is 75.7 Å². The zero-order chi connectivity index (χ0) is 27.3. The minimum absolute atomic E-state index is 0.270. The summed E-state index contributed by atoms with van der Waals surface area (Å²) in [7, 11) is 0. The third-order valence-electron chi connectivity index (χ3n) is 7.35. The fraction of sp³-hybridized carbons (Fsp3) is 0.500. The summed E-state index contributed by atoms with van der Waals surface area (Å²) in [6, 6.07) is 5.24. The van der Waals surface area contributed by atoms with Crippen LogP contribution in [0.4, 0.5) is 26.3 Å². The smallest absolute Gasteiger partial charge is 0.416 e. The number of benzene rings is 2. The molecule has 0 radical (unpaired) electrons. The van der Waals surface area contributed by atoms with Gasteiger partial charge in [0.1, 0.15) is 11.4 Å². The predicted octanol–water partition coefficient (Wildman–Crippen LogP) is 6.06. The van der Waals surface area contributed by atoms with Crippen molar-refractivity contribution in [2.75, 3.05) is 0 Å². The Balaban J connectivity index is 1.46. The molecule has 202 valence electrons. The number of fused-ring (bicyclic) bond motifs is 1. The monoisotopic (exact) mass is 531 g/mol. The molecule has 2 aliphatic rings. The summed E-state index contributed by atoms with van der Waals surface area (Å²) in [4.78, 5) is 11.2. The van der Waals surface area contributed by atoms with Gasteiger partial charge >= 0.3 is 18.3 Å². The maximum Gasteiger partial charge on any atom is 0.416 e. The molecule has 1 spiro atoms. The molecule has 3 atom stereocenters. The third-order valence-corrected chi connectivity index (χ3v) is 7.35. The first-order valence-corrected chi connectivity index (χ1v) is 11.9. The van der Waals surface area contributed by atoms with E-state index in [4.69, 9.17) is 9.84 Å². The normalized spacial score (nSPS) is 24.0. The molecule has 1 aliphatic carbocycles. The molecular formula is C26H27F6NO4. The molecule has 5 nitrogen and oxygen atoms in total. The van der Waals surface area contributed by atoms with Crippen LogP contribution in [0.1, 0.15) is 73.1 Å². The van der Waals surface area contributed by atoms with E-state index in [1.54, 1.807) is 18.2 Å². The van der Waals surface area contributed by atoms with Gasteiger partial charge in [-0.05, 0) is 67.6 Å². The number of ether oxygens (including phenoxy) is 1. The van der Waals surface area contributed by atoms with Crippen LogP contribution in [0.25, 0.3) is 0 Å². The molecule has 3 N–H and O–H groups in total. The lowest BCUT2D eigenvalue weighted by molar-refractivity contribution is -0.145. The van der Waals surface area contributed by atoms with Crippen LogP contribution in [0.5, 0.6) is 5.75 Å². The first-order valence-electron chi connectivity index (χ1n) is 11.9. The first-order chi connectivity index (χ1) is 17.1. The predicted molar refractivity (Wildman–Crippen MR) is 121 cm³/mol. The Labute approximate surface area is 209 Å². The molecule has 1 saturated carbocycles. The topological polar surface area (TPSA) is 78.8 Å². The van der Waals surface area contributed by atoms with Crippen molar-refractivity contribution in [1.29, 1.82) is 0 Å². The number of aliphatic hydroxyl groups is 1. The molecule has 2 aromatic carbocycles. The molecule has 1 aliphatic heterocycles. The van der Waals surface area contributed by atoms with Crippen molar-refractivity contribution in [2.24, 2.45) is 5.92 Å². The van der Waals surface area contributed by atoms with Crippen molar-refractivity contribution in [3.63, 3.8) is 0 Å². The van der Waals surface area contributed by atoms with Crippen LogP contribution in [0.15, 0.2) is 36.4 Å². The van der Waals surface area contributed by atoms with E-state index in [1.165, 1.54) is 13.8 Å². The van der Waals surface area contributed by atoms with E-state index >= 15 is 0 Å². The van der Waals surface area contributed by atoms with E-state index in [2.05, 4.69) is 5.32 Å². The number of alkyl halides is 6. The van der Waals surface area contributed by atoms with Gasteiger partial charge in [-0.2, -0.15) is 26.3 Å². The number of halogens is 6. The summed E-state index contributed by atoms with van der Waals surface area (Å²) in [5.41, 5.74) is -2.02. The van der Waals surface area contributed by atoms with Crippen molar-refractivity contribution >= 4 is 5.97 Å². The van der Waals surface area contributed by atoms with Crippen LogP contribution >= 0.6 is 0 Å². The lowest BCUT2D eigenvalue weighted by Gasteiger charge is -2.51. The number of aliphatic carboxylic acids is 1. The highest BCUT2D eigenvalue weighted by molar-refractivity contribution is 5.70. The Morgan fingerprint density at radius 2 is 1.73 bits per heavy atom. The van der Waals surface area contributed by atoms with E-state index in [-0.39, 0.29) is 6.04 Å². The molecule has 0 amide bonds.